The Morgan fingerprint density at radius 2 is 0.587 bits per heavy atom. The summed E-state index contributed by atoms with van der Waals surface area (Å²) in [4.78, 5) is 10.3. The minimum absolute atomic E-state index is 0.922. The second-order valence-electron chi connectivity index (χ2n) is 11.8. The third-order valence-electron chi connectivity index (χ3n) is 9.05. The minimum Gasteiger partial charge on any atom is -0.245 e. The molecule has 2 aromatic heterocycles. The predicted molar refractivity (Wildman–Crippen MR) is 194 cm³/mol. The first-order valence-electron chi connectivity index (χ1n) is 15.7. The van der Waals surface area contributed by atoms with Gasteiger partial charge in [0, 0.05) is 21.9 Å². The minimum atomic E-state index is 0.922. The fourth-order valence-electron chi connectivity index (χ4n) is 6.86. The van der Waals surface area contributed by atoms with Gasteiger partial charge in [0.05, 0.1) is 22.4 Å². The number of benzene rings is 7. The summed E-state index contributed by atoms with van der Waals surface area (Å²) >= 11 is 0. The Labute approximate surface area is 267 Å². The summed E-state index contributed by atoms with van der Waals surface area (Å²) in [6.07, 6.45) is 0. The molecule has 0 saturated heterocycles. The van der Waals surface area contributed by atoms with Gasteiger partial charge < -0.3 is 0 Å². The molecule has 7 aromatic carbocycles. The van der Waals surface area contributed by atoms with Crippen LogP contribution in [-0.4, -0.2) is 9.97 Å². The van der Waals surface area contributed by atoms with E-state index in [0.717, 1.165) is 44.3 Å². The molecule has 0 fully saturated rings. The topological polar surface area (TPSA) is 25.8 Å². The maximum Gasteiger partial charge on any atom is 0.0972 e. The molecule has 46 heavy (non-hydrogen) atoms. The van der Waals surface area contributed by atoms with E-state index in [4.69, 9.17) is 9.97 Å². The molecule has 9 aromatic rings. The van der Waals surface area contributed by atoms with Gasteiger partial charge in [-0.1, -0.05) is 158 Å². The third-order valence-corrected chi connectivity index (χ3v) is 9.05. The second kappa shape index (κ2) is 10.8. The zero-order valence-electron chi connectivity index (χ0n) is 25.1. The molecule has 2 heterocycles. The number of nitrogens with zero attached hydrogens (tertiary/aromatic N) is 2. The van der Waals surface area contributed by atoms with Crippen LogP contribution in [-0.2, 0) is 0 Å². The Kier molecular flexibility index (Phi) is 6.17. The molecule has 0 spiro atoms. The number of pyridine rings is 2. The number of hydrogen-bond donors (Lipinski definition) is 0. The van der Waals surface area contributed by atoms with Crippen LogP contribution in [0.2, 0.25) is 0 Å². The smallest absolute Gasteiger partial charge is 0.0972 e. The average molecular weight is 585 g/mol. The van der Waals surface area contributed by atoms with E-state index in [0.29, 0.717) is 0 Å². The lowest BCUT2D eigenvalue weighted by molar-refractivity contribution is 1.36. The molecule has 0 amide bonds. The van der Waals surface area contributed by atoms with Gasteiger partial charge in [0.2, 0.25) is 0 Å². The van der Waals surface area contributed by atoms with Crippen molar-refractivity contribution in [3.8, 4) is 44.8 Å². The van der Waals surface area contributed by atoms with Crippen molar-refractivity contribution < 1.29 is 0 Å². The summed E-state index contributed by atoms with van der Waals surface area (Å²) in [5.74, 6) is 0. The van der Waals surface area contributed by atoms with Gasteiger partial charge in [0.15, 0.2) is 0 Å². The van der Waals surface area contributed by atoms with E-state index in [-0.39, 0.29) is 0 Å². The van der Waals surface area contributed by atoms with Crippen LogP contribution in [0.25, 0.3) is 88.1 Å². The summed E-state index contributed by atoms with van der Waals surface area (Å²) in [7, 11) is 0. The van der Waals surface area contributed by atoms with Crippen molar-refractivity contribution in [2.45, 2.75) is 0 Å². The van der Waals surface area contributed by atoms with E-state index in [2.05, 4.69) is 152 Å². The lowest BCUT2D eigenvalue weighted by atomic mass is 9.86. The van der Waals surface area contributed by atoms with Crippen LogP contribution in [0.5, 0.6) is 0 Å². The first kappa shape index (κ1) is 26.3. The van der Waals surface area contributed by atoms with Gasteiger partial charge in [-0.2, -0.15) is 0 Å². The zero-order chi connectivity index (χ0) is 30.5. The summed E-state index contributed by atoms with van der Waals surface area (Å²) < 4.78 is 0. The van der Waals surface area contributed by atoms with Gasteiger partial charge in [-0.25, -0.2) is 9.97 Å². The van der Waals surface area contributed by atoms with Gasteiger partial charge in [-0.3, -0.25) is 0 Å². The Morgan fingerprint density at radius 1 is 0.261 bits per heavy atom. The summed E-state index contributed by atoms with van der Waals surface area (Å²) in [6, 6.07) is 60.3. The van der Waals surface area contributed by atoms with Gasteiger partial charge >= 0.3 is 0 Å². The van der Waals surface area contributed by atoms with Crippen molar-refractivity contribution in [3.05, 3.63) is 170 Å². The van der Waals surface area contributed by atoms with Crippen LogP contribution < -0.4 is 0 Å². The molecular weight excluding hydrogens is 556 g/mol. The van der Waals surface area contributed by atoms with Crippen LogP contribution in [0.1, 0.15) is 0 Å². The van der Waals surface area contributed by atoms with Gasteiger partial charge in [-0.15, -0.1) is 0 Å². The normalized spacial score (nSPS) is 11.5. The maximum absolute atomic E-state index is 5.19. The summed E-state index contributed by atoms with van der Waals surface area (Å²) in [5.41, 5.74) is 10.9. The molecule has 0 bridgehead atoms. The van der Waals surface area contributed by atoms with Crippen molar-refractivity contribution in [2.24, 2.45) is 0 Å². The van der Waals surface area contributed by atoms with Gasteiger partial charge in [-0.05, 0) is 55.9 Å². The monoisotopic (exact) mass is 584 g/mol. The molecule has 0 aliphatic heterocycles. The molecule has 0 saturated carbocycles. The van der Waals surface area contributed by atoms with Crippen LogP contribution >= 0.6 is 0 Å². The highest BCUT2D eigenvalue weighted by atomic mass is 14.8. The van der Waals surface area contributed by atoms with E-state index in [1.54, 1.807) is 0 Å². The maximum atomic E-state index is 5.19. The molecule has 0 radical (unpaired) electrons. The predicted octanol–water partition coefficient (Wildman–Crippen LogP) is 11.8. The van der Waals surface area contributed by atoms with Crippen LogP contribution in [0, 0.1) is 0 Å². The largest absolute Gasteiger partial charge is 0.245 e. The van der Waals surface area contributed by atoms with Crippen LogP contribution in [0.3, 0.4) is 0 Å². The first-order chi connectivity index (χ1) is 22.8. The fraction of sp³-hybridized carbons (Fsp3) is 0. The van der Waals surface area contributed by atoms with Gasteiger partial charge in [0.1, 0.15) is 0 Å². The fourth-order valence-corrected chi connectivity index (χ4v) is 6.86. The summed E-state index contributed by atoms with van der Waals surface area (Å²) in [6.45, 7) is 0. The van der Waals surface area contributed by atoms with Gasteiger partial charge in [0.25, 0.3) is 0 Å². The number of fused-ring (bicyclic) bond motifs is 5. The van der Waals surface area contributed by atoms with Crippen LogP contribution in [0.15, 0.2) is 170 Å². The molecule has 2 nitrogen and oxygen atoms in total. The molecule has 0 atom stereocenters. The highest BCUT2D eigenvalue weighted by Crippen LogP contribution is 2.43. The van der Waals surface area contributed by atoms with Crippen LogP contribution in [0.4, 0.5) is 0 Å². The molecule has 214 valence electrons. The number of aromatic nitrogens is 2. The molecule has 0 unspecified atom stereocenters. The van der Waals surface area contributed by atoms with Crippen molar-refractivity contribution in [3.63, 3.8) is 0 Å². The number of rotatable bonds is 4. The van der Waals surface area contributed by atoms with E-state index >= 15 is 0 Å². The molecular formula is C44H28N2. The SMILES string of the molecule is c1ccc(-c2ccc3ccc4ccc(-c5ccc(-c6c7ccccc7c(-c7ccccc7)c7ccccc67)cc5)nc4c3n2)cc1. The Bertz CT molecular complexity index is 2500. The Balaban J connectivity index is 1.18. The van der Waals surface area contributed by atoms with Crippen molar-refractivity contribution in [1.29, 1.82) is 0 Å². The Hall–Kier alpha value is -6.12. The number of hydrogen-bond acceptors (Lipinski definition) is 2. The standard InChI is InChI=1S/C44H28N2/c1-3-11-29(12-4-1)39-27-25-33-23-24-34-26-28-40(46-44(34)43(33)45-39)30-19-21-32(22-20-30)42-37-17-9-7-15-35(37)41(31-13-5-2-6-14-31)36-16-8-10-18-38(36)42/h1-28H. The average Bonchev–Trinajstić information content (AvgIpc) is 3.14. The molecule has 0 aliphatic carbocycles. The van der Waals surface area contributed by atoms with E-state index in [1.165, 1.54) is 43.8 Å². The highest BCUT2D eigenvalue weighted by Gasteiger charge is 2.16. The van der Waals surface area contributed by atoms with Crippen molar-refractivity contribution >= 4 is 43.4 Å². The summed E-state index contributed by atoms with van der Waals surface area (Å²) in [5, 5.41) is 7.20. The first-order valence-corrected chi connectivity index (χ1v) is 15.7. The van der Waals surface area contributed by atoms with Crippen molar-refractivity contribution in [1.82, 2.24) is 9.97 Å². The lowest BCUT2D eigenvalue weighted by Gasteiger charge is -2.18. The van der Waals surface area contributed by atoms with Crippen molar-refractivity contribution in [2.75, 3.05) is 0 Å². The lowest BCUT2D eigenvalue weighted by Crippen LogP contribution is -1.92. The highest BCUT2D eigenvalue weighted by molar-refractivity contribution is 6.21. The van der Waals surface area contributed by atoms with E-state index < -0.39 is 0 Å². The van der Waals surface area contributed by atoms with E-state index in [1.807, 2.05) is 18.2 Å². The van der Waals surface area contributed by atoms with E-state index in [9.17, 15) is 0 Å². The third kappa shape index (κ3) is 4.35. The Morgan fingerprint density at radius 3 is 1.04 bits per heavy atom. The molecule has 2 heteroatoms. The zero-order valence-corrected chi connectivity index (χ0v) is 25.1. The quantitative estimate of drug-likeness (QED) is 0.152. The molecule has 9 rings (SSSR count). The molecule has 0 aliphatic rings. The second-order valence-corrected chi connectivity index (χ2v) is 11.8. The molecule has 0 N–H and O–H groups in total.